The molecule has 0 radical (unpaired) electrons. The Balaban J connectivity index is 1.87. The molecule has 2 rings (SSSR count). The van der Waals surface area contributed by atoms with Crippen LogP contribution in [0.3, 0.4) is 0 Å². The van der Waals surface area contributed by atoms with Gasteiger partial charge in [-0.1, -0.05) is 67.9 Å². The second-order valence-corrected chi connectivity index (χ2v) is 7.90. The van der Waals surface area contributed by atoms with Crippen LogP contribution in [-0.4, -0.2) is 17.5 Å². The minimum absolute atomic E-state index is 0.0745. The van der Waals surface area contributed by atoms with E-state index in [-0.39, 0.29) is 11.8 Å². The molecular weight excluding hydrogens is 421 g/mol. The van der Waals surface area contributed by atoms with E-state index in [0.29, 0.717) is 33.4 Å². The molecule has 2 N–H and O–H groups in total. The number of anilines is 1. The summed E-state index contributed by atoms with van der Waals surface area (Å²) >= 11 is 11.9. The number of hydrogen-bond donors (Lipinski definition) is 2. The standard InChI is InChI=1S/C23H27Cl2N3O2/c1-3-4-5-6-7-8-22(29)28-27-16(2)17-9-12-19(13-10-17)26-23(30)20-14-11-18(24)15-21(20)25/h9-15H,3-8H2,1-2H3,(H,26,30)(H,28,29). The zero-order valence-electron chi connectivity index (χ0n) is 17.3. The maximum absolute atomic E-state index is 12.4. The van der Waals surface area contributed by atoms with E-state index in [1.807, 2.05) is 19.1 Å². The Hall–Kier alpha value is -2.37. The van der Waals surface area contributed by atoms with E-state index in [4.69, 9.17) is 23.2 Å². The summed E-state index contributed by atoms with van der Waals surface area (Å²) in [7, 11) is 0. The number of carbonyl (C=O) groups is 2. The lowest BCUT2D eigenvalue weighted by Crippen LogP contribution is -2.18. The van der Waals surface area contributed by atoms with E-state index < -0.39 is 0 Å². The third-order valence-electron chi connectivity index (χ3n) is 4.59. The molecule has 0 unspecified atom stereocenters. The molecule has 30 heavy (non-hydrogen) atoms. The summed E-state index contributed by atoms with van der Waals surface area (Å²) in [5.74, 6) is -0.393. The first-order valence-corrected chi connectivity index (χ1v) is 10.9. The van der Waals surface area contributed by atoms with Gasteiger partial charge in [0.2, 0.25) is 5.91 Å². The zero-order valence-corrected chi connectivity index (χ0v) is 18.8. The molecule has 2 aromatic carbocycles. The van der Waals surface area contributed by atoms with Gasteiger partial charge >= 0.3 is 0 Å². The van der Waals surface area contributed by atoms with Gasteiger partial charge in [0.1, 0.15) is 0 Å². The number of hydrazone groups is 1. The number of halogens is 2. The predicted molar refractivity (Wildman–Crippen MR) is 125 cm³/mol. The van der Waals surface area contributed by atoms with E-state index in [0.717, 1.165) is 18.4 Å². The van der Waals surface area contributed by atoms with Gasteiger partial charge in [0.15, 0.2) is 0 Å². The van der Waals surface area contributed by atoms with Crippen LogP contribution in [0, 0.1) is 0 Å². The molecule has 160 valence electrons. The first-order valence-electron chi connectivity index (χ1n) is 10.1. The third-order valence-corrected chi connectivity index (χ3v) is 5.14. The van der Waals surface area contributed by atoms with Gasteiger partial charge in [-0.25, -0.2) is 5.43 Å². The van der Waals surface area contributed by atoms with Gasteiger partial charge in [-0.2, -0.15) is 5.10 Å². The maximum Gasteiger partial charge on any atom is 0.257 e. The van der Waals surface area contributed by atoms with Crippen LogP contribution in [0.4, 0.5) is 5.69 Å². The molecule has 0 saturated carbocycles. The lowest BCUT2D eigenvalue weighted by atomic mass is 10.1. The monoisotopic (exact) mass is 447 g/mol. The average Bonchev–Trinajstić information content (AvgIpc) is 2.72. The predicted octanol–water partition coefficient (Wildman–Crippen LogP) is 6.45. The highest BCUT2D eigenvalue weighted by molar-refractivity contribution is 6.37. The van der Waals surface area contributed by atoms with Crippen LogP contribution in [-0.2, 0) is 4.79 Å². The number of benzene rings is 2. The Kier molecular flexibility index (Phi) is 9.84. The second kappa shape index (κ2) is 12.4. The highest BCUT2D eigenvalue weighted by Gasteiger charge is 2.11. The molecule has 0 aliphatic carbocycles. The lowest BCUT2D eigenvalue weighted by molar-refractivity contribution is -0.121. The van der Waals surface area contributed by atoms with Gasteiger partial charge in [-0.05, 0) is 49.2 Å². The van der Waals surface area contributed by atoms with Crippen LogP contribution in [0.5, 0.6) is 0 Å². The summed E-state index contributed by atoms with van der Waals surface area (Å²) in [5, 5.41) is 7.73. The summed E-state index contributed by atoms with van der Waals surface area (Å²) in [6.45, 7) is 3.99. The van der Waals surface area contributed by atoms with Crippen molar-refractivity contribution < 1.29 is 9.59 Å². The second-order valence-electron chi connectivity index (χ2n) is 7.05. The van der Waals surface area contributed by atoms with Gasteiger partial charge in [-0.15, -0.1) is 0 Å². The zero-order chi connectivity index (χ0) is 21.9. The number of carbonyl (C=O) groups excluding carboxylic acids is 2. The molecule has 2 amide bonds. The van der Waals surface area contributed by atoms with Crippen molar-refractivity contribution in [3.63, 3.8) is 0 Å². The van der Waals surface area contributed by atoms with Crippen LogP contribution in [0.2, 0.25) is 10.0 Å². The Morgan fingerprint density at radius 2 is 1.67 bits per heavy atom. The highest BCUT2D eigenvalue weighted by atomic mass is 35.5. The number of rotatable bonds is 10. The van der Waals surface area contributed by atoms with Crippen LogP contribution >= 0.6 is 23.2 Å². The van der Waals surface area contributed by atoms with E-state index in [2.05, 4.69) is 22.8 Å². The Morgan fingerprint density at radius 3 is 2.33 bits per heavy atom. The molecule has 0 spiro atoms. The van der Waals surface area contributed by atoms with Crippen molar-refractivity contribution in [3.05, 3.63) is 63.6 Å². The Morgan fingerprint density at radius 1 is 0.967 bits per heavy atom. The quantitative estimate of drug-likeness (QED) is 0.249. The van der Waals surface area contributed by atoms with Crippen LogP contribution < -0.4 is 10.7 Å². The largest absolute Gasteiger partial charge is 0.322 e. The molecule has 0 saturated heterocycles. The molecule has 5 nitrogen and oxygen atoms in total. The SMILES string of the molecule is CCCCCCCC(=O)NN=C(C)c1ccc(NC(=O)c2ccc(Cl)cc2Cl)cc1. The average molecular weight is 448 g/mol. The van der Waals surface area contributed by atoms with Gasteiger partial charge < -0.3 is 5.32 Å². The summed E-state index contributed by atoms with van der Waals surface area (Å²) in [6, 6.07) is 11.9. The highest BCUT2D eigenvalue weighted by Crippen LogP contribution is 2.22. The van der Waals surface area contributed by atoms with Crippen molar-refractivity contribution in [1.29, 1.82) is 0 Å². The van der Waals surface area contributed by atoms with Crippen molar-refractivity contribution in [2.75, 3.05) is 5.32 Å². The molecule has 0 atom stereocenters. The number of nitrogens with one attached hydrogen (secondary N) is 2. The van der Waals surface area contributed by atoms with Gasteiger partial charge in [0.05, 0.1) is 16.3 Å². The summed E-state index contributed by atoms with van der Waals surface area (Å²) in [6.07, 6.45) is 6.00. The lowest BCUT2D eigenvalue weighted by Gasteiger charge is -2.08. The number of hydrogen-bond acceptors (Lipinski definition) is 3. The molecule has 0 heterocycles. The molecule has 0 aliphatic rings. The fourth-order valence-electron chi connectivity index (χ4n) is 2.82. The molecule has 0 bridgehead atoms. The van der Waals surface area contributed by atoms with Crippen molar-refractivity contribution >= 4 is 46.4 Å². The van der Waals surface area contributed by atoms with Crippen molar-refractivity contribution in [2.45, 2.75) is 52.4 Å². The van der Waals surface area contributed by atoms with Crippen molar-refractivity contribution in [3.8, 4) is 0 Å². The minimum Gasteiger partial charge on any atom is -0.322 e. The number of nitrogens with zero attached hydrogens (tertiary/aromatic N) is 1. The van der Waals surface area contributed by atoms with E-state index >= 15 is 0 Å². The first-order chi connectivity index (χ1) is 14.4. The normalized spacial score (nSPS) is 11.3. The van der Waals surface area contributed by atoms with Gasteiger partial charge in [0.25, 0.3) is 5.91 Å². The van der Waals surface area contributed by atoms with Crippen molar-refractivity contribution in [1.82, 2.24) is 5.43 Å². The van der Waals surface area contributed by atoms with E-state index in [1.165, 1.54) is 25.3 Å². The first kappa shape index (κ1) is 23.9. The summed E-state index contributed by atoms with van der Waals surface area (Å²) in [4.78, 5) is 24.3. The minimum atomic E-state index is -0.319. The molecular formula is C23H27Cl2N3O2. The van der Waals surface area contributed by atoms with Gasteiger partial charge in [-0.3, -0.25) is 9.59 Å². The van der Waals surface area contributed by atoms with Crippen molar-refractivity contribution in [2.24, 2.45) is 5.10 Å². The summed E-state index contributed by atoms with van der Waals surface area (Å²) in [5.41, 5.74) is 5.11. The number of unbranched alkanes of at least 4 members (excludes halogenated alkanes) is 4. The maximum atomic E-state index is 12.4. The topological polar surface area (TPSA) is 70.6 Å². The molecule has 7 heteroatoms. The smallest absolute Gasteiger partial charge is 0.257 e. The molecule has 0 aromatic heterocycles. The molecule has 2 aromatic rings. The van der Waals surface area contributed by atoms with E-state index in [9.17, 15) is 9.59 Å². The molecule has 0 fully saturated rings. The van der Waals surface area contributed by atoms with Crippen LogP contribution in [0.25, 0.3) is 0 Å². The fraction of sp³-hybridized carbons (Fsp3) is 0.348. The van der Waals surface area contributed by atoms with Crippen LogP contribution in [0.15, 0.2) is 47.6 Å². The molecule has 0 aliphatic heterocycles. The number of amides is 2. The van der Waals surface area contributed by atoms with Crippen LogP contribution in [0.1, 0.15) is 68.3 Å². The van der Waals surface area contributed by atoms with E-state index in [1.54, 1.807) is 24.3 Å². The third kappa shape index (κ3) is 7.81. The fourth-order valence-corrected chi connectivity index (χ4v) is 3.32. The summed E-state index contributed by atoms with van der Waals surface area (Å²) < 4.78 is 0. The Labute approximate surface area is 187 Å². The Bertz CT molecular complexity index is 896. The van der Waals surface area contributed by atoms with Gasteiger partial charge in [0, 0.05) is 17.1 Å².